The lowest BCUT2D eigenvalue weighted by Gasteiger charge is -2.15. The van der Waals surface area contributed by atoms with Crippen molar-refractivity contribution in [3.8, 4) is 5.75 Å². The molecule has 0 aromatic heterocycles. The first-order chi connectivity index (χ1) is 9.40. The van der Waals surface area contributed by atoms with Gasteiger partial charge in [-0.3, -0.25) is 0 Å². The molecule has 0 radical (unpaired) electrons. The minimum Gasteiger partial charge on any atom is -0.508 e. The van der Waals surface area contributed by atoms with Crippen LogP contribution >= 0.6 is 0 Å². The SMILES string of the molecule is O=C(O)COC(=O)[C@H](OCC(=O)O)c1ccc(O)cc1. The van der Waals surface area contributed by atoms with Gasteiger partial charge in [0.1, 0.15) is 12.4 Å². The molecule has 8 nitrogen and oxygen atoms in total. The second-order valence-corrected chi connectivity index (χ2v) is 3.68. The molecule has 0 aliphatic rings. The van der Waals surface area contributed by atoms with Gasteiger partial charge in [-0.15, -0.1) is 0 Å². The highest BCUT2D eigenvalue weighted by Gasteiger charge is 2.24. The summed E-state index contributed by atoms with van der Waals surface area (Å²) in [5.74, 6) is -3.72. The second kappa shape index (κ2) is 7.10. The Morgan fingerprint density at radius 3 is 2.05 bits per heavy atom. The van der Waals surface area contributed by atoms with Gasteiger partial charge >= 0.3 is 17.9 Å². The highest BCUT2D eigenvalue weighted by atomic mass is 16.6. The summed E-state index contributed by atoms with van der Waals surface area (Å²) < 4.78 is 9.34. The topological polar surface area (TPSA) is 130 Å². The third-order valence-electron chi connectivity index (χ3n) is 2.12. The number of rotatable bonds is 7. The molecule has 1 aromatic rings. The number of carbonyl (C=O) groups is 3. The molecule has 8 heteroatoms. The third kappa shape index (κ3) is 4.94. The summed E-state index contributed by atoms with van der Waals surface area (Å²) in [5.41, 5.74) is 0.236. The van der Waals surface area contributed by atoms with Gasteiger partial charge < -0.3 is 24.8 Å². The molecular weight excluding hydrogens is 272 g/mol. The smallest absolute Gasteiger partial charge is 0.341 e. The van der Waals surface area contributed by atoms with E-state index in [1.807, 2.05) is 0 Å². The highest BCUT2D eigenvalue weighted by Crippen LogP contribution is 2.21. The van der Waals surface area contributed by atoms with Gasteiger partial charge in [0.25, 0.3) is 0 Å². The van der Waals surface area contributed by atoms with Crippen LogP contribution in [0.2, 0.25) is 0 Å². The predicted octanol–water partition coefficient (Wildman–Crippen LogP) is 0.162. The van der Waals surface area contributed by atoms with Gasteiger partial charge in [0.05, 0.1) is 0 Å². The maximum atomic E-state index is 11.7. The maximum absolute atomic E-state index is 11.7. The van der Waals surface area contributed by atoms with Crippen LogP contribution in [-0.4, -0.2) is 46.4 Å². The average Bonchev–Trinajstić information content (AvgIpc) is 2.38. The van der Waals surface area contributed by atoms with Gasteiger partial charge in [-0.2, -0.15) is 0 Å². The summed E-state index contributed by atoms with van der Waals surface area (Å²) in [6.45, 7) is -1.61. The molecule has 0 saturated heterocycles. The summed E-state index contributed by atoms with van der Waals surface area (Å²) >= 11 is 0. The molecule has 0 unspecified atom stereocenters. The van der Waals surface area contributed by atoms with Crippen LogP contribution in [-0.2, 0) is 23.9 Å². The second-order valence-electron chi connectivity index (χ2n) is 3.68. The zero-order valence-electron chi connectivity index (χ0n) is 10.2. The van der Waals surface area contributed by atoms with Crippen molar-refractivity contribution in [1.29, 1.82) is 0 Å². The monoisotopic (exact) mass is 284 g/mol. The molecule has 3 N–H and O–H groups in total. The van der Waals surface area contributed by atoms with E-state index in [9.17, 15) is 14.4 Å². The molecule has 0 spiro atoms. The molecule has 0 aliphatic carbocycles. The van der Waals surface area contributed by atoms with Gasteiger partial charge in [0.2, 0.25) is 0 Å². The highest BCUT2D eigenvalue weighted by molar-refractivity contribution is 5.80. The summed E-state index contributed by atoms with van der Waals surface area (Å²) in [7, 11) is 0. The molecule has 0 amide bonds. The van der Waals surface area contributed by atoms with Crippen LogP contribution in [0.4, 0.5) is 0 Å². The summed E-state index contributed by atoms with van der Waals surface area (Å²) in [4.78, 5) is 32.5. The normalized spacial score (nSPS) is 11.6. The predicted molar refractivity (Wildman–Crippen MR) is 63.0 cm³/mol. The van der Waals surface area contributed by atoms with Gasteiger partial charge in [-0.1, -0.05) is 12.1 Å². The Balaban J connectivity index is 2.83. The Bertz CT molecular complexity index is 493. The number of hydrogen-bond donors (Lipinski definition) is 3. The quantitative estimate of drug-likeness (QED) is 0.603. The van der Waals surface area contributed by atoms with Crippen LogP contribution in [0, 0.1) is 0 Å². The van der Waals surface area contributed by atoms with Gasteiger partial charge in [-0.05, 0) is 17.7 Å². The van der Waals surface area contributed by atoms with E-state index >= 15 is 0 Å². The maximum Gasteiger partial charge on any atom is 0.341 e. The van der Waals surface area contributed by atoms with E-state index in [-0.39, 0.29) is 11.3 Å². The van der Waals surface area contributed by atoms with Crippen molar-refractivity contribution in [1.82, 2.24) is 0 Å². The third-order valence-corrected chi connectivity index (χ3v) is 2.12. The fourth-order valence-corrected chi connectivity index (χ4v) is 1.31. The molecular formula is C12H12O8. The van der Waals surface area contributed by atoms with Crippen molar-refractivity contribution >= 4 is 17.9 Å². The zero-order valence-corrected chi connectivity index (χ0v) is 10.2. The number of carbonyl (C=O) groups excluding carboxylic acids is 1. The Labute approximate surface area is 113 Å². The molecule has 0 aliphatic heterocycles. The van der Waals surface area contributed by atoms with Gasteiger partial charge in [-0.25, -0.2) is 14.4 Å². The molecule has 0 heterocycles. The molecule has 20 heavy (non-hydrogen) atoms. The van der Waals surface area contributed by atoms with E-state index in [4.69, 9.17) is 20.1 Å². The summed E-state index contributed by atoms with van der Waals surface area (Å²) in [6.07, 6.45) is -1.38. The van der Waals surface area contributed by atoms with Crippen LogP contribution in [0.1, 0.15) is 11.7 Å². The first-order valence-electron chi connectivity index (χ1n) is 5.41. The Kier molecular flexibility index (Phi) is 5.48. The fraction of sp³-hybridized carbons (Fsp3) is 0.250. The number of esters is 1. The van der Waals surface area contributed by atoms with Crippen molar-refractivity contribution in [2.45, 2.75) is 6.10 Å². The zero-order chi connectivity index (χ0) is 15.1. The van der Waals surface area contributed by atoms with E-state index in [2.05, 4.69) is 4.74 Å². The van der Waals surface area contributed by atoms with Gasteiger partial charge in [0.15, 0.2) is 12.7 Å². The van der Waals surface area contributed by atoms with Gasteiger partial charge in [0, 0.05) is 0 Å². The van der Waals surface area contributed by atoms with Crippen molar-refractivity contribution < 1.29 is 39.2 Å². The minimum atomic E-state index is -1.38. The van der Waals surface area contributed by atoms with Crippen molar-refractivity contribution in [2.75, 3.05) is 13.2 Å². The first kappa shape index (κ1) is 15.4. The number of phenols is 1. The summed E-state index contributed by atoms with van der Waals surface area (Å²) in [5, 5.41) is 26.1. The van der Waals surface area contributed by atoms with E-state index in [1.165, 1.54) is 24.3 Å². The lowest BCUT2D eigenvalue weighted by molar-refractivity contribution is -0.167. The van der Waals surface area contributed by atoms with E-state index in [0.717, 1.165) is 0 Å². The lowest BCUT2D eigenvalue weighted by Crippen LogP contribution is -2.24. The Morgan fingerprint density at radius 1 is 1.00 bits per heavy atom. The van der Waals surface area contributed by atoms with E-state index < -0.39 is 37.2 Å². The van der Waals surface area contributed by atoms with Crippen LogP contribution in [0.25, 0.3) is 0 Å². The van der Waals surface area contributed by atoms with Crippen molar-refractivity contribution in [3.63, 3.8) is 0 Å². The molecule has 108 valence electrons. The van der Waals surface area contributed by atoms with E-state index in [1.54, 1.807) is 0 Å². The van der Waals surface area contributed by atoms with Crippen molar-refractivity contribution in [3.05, 3.63) is 29.8 Å². The van der Waals surface area contributed by atoms with Crippen LogP contribution in [0.5, 0.6) is 5.75 Å². The Hall–Kier alpha value is -2.61. The molecule has 1 atom stereocenters. The number of hydrogen-bond acceptors (Lipinski definition) is 6. The number of ether oxygens (including phenoxy) is 2. The van der Waals surface area contributed by atoms with E-state index in [0.29, 0.717) is 0 Å². The number of aromatic hydroxyl groups is 1. The summed E-state index contributed by atoms with van der Waals surface area (Å²) in [6, 6.07) is 5.22. The number of carboxylic acid groups (broad SMARTS) is 2. The first-order valence-corrected chi connectivity index (χ1v) is 5.41. The molecule has 1 aromatic carbocycles. The van der Waals surface area contributed by atoms with Crippen LogP contribution in [0.15, 0.2) is 24.3 Å². The van der Waals surface area contributed by atoms with Crippen LogP contribution < -0.4 is 0 Å². The molecule has 0 bridgehead atoms. The lowest BCUT2D eigenvalue weighted by atomic mass is 10.1. The molecule has 0 saturated carbocycles. The fourth-order valence-electron chi connectivity index (χ4n) is 1.31. The number of phenolic OH excluding ortho intramolecular Hbond substituents is 1. The largest absolute Gasteiger partial charge is 0.508 e. The number of carboxylic acids is 2. The Morgan fingerprint density at radius 2 is 1.55 bits per heavy atom. The number of benzene rings is 1. The van der Waals surface area contributed by atoms with Crippen molar-refractivity contribution in [2.24, 2.45) is 0 Å². The minimum absolute atomic E-state index is 0.0513. The standard InChI is InChI=1S/C12H12O8/c13-8-3-1-7(2-4-8)11(19-5-9(14)15)12(18)20-6-10(16)17/h1-4,11,13H,5-6H2,(H,14,15)(H,16,17)/t11-/m1/s1. The number of aliphatic carboxylic acids is 2. The van der Waals surface area contributed by atoms with Crippen LogP contribution in [0.3, 0.4) is 0 Å². The average molecular weight is 284 g/mol. The molecule has 0 fully saturated rings. The molecule has 1 rings (SSSR count).